The van der Waals surface area contributed by atoms with E-state index in [1.807, 2.05) is 67.8 Å². The summed E-state index contributed by atoms with van der Waals surface area (Å²) in [4.78, 5) is 36.0. The van der Waals surface area contributed by atoms with E-state index in [9.17, 15) is 14.4 Å². The molecule has 24 heavy (non-hydrogen) atoms. The van der Waals surface area contributed by atoms with Gasteiger partial charge >= 0.3 is 0 Å². The maximum atomic E-state index is 12.4. The van der Waals surface area contributed by atoms with Gasteiger partial charge < -0.3 is 26.6 Å². The predicted octanol–water partition coefficient (Wildman–Crippen LogP) is 0.642. The summed E-state index contributed by atoms with van der Waals surface area (Å²) in [5, 5.41) is 22.8. The summed E-state index contributed by atoms with van der Waals surface area (Å²) >= 11 is 5.63. The van der Waals surface area contributed by atoms with Gasteiger partial charge in [-0.1, -0.05) is 0 Å². The predicted molar refractivity (Wildman–Crippen MR) is 113 cm³/mol. The van der Waals surface area contributed by atoms with E-state index >= 15 is 0 Å². The molecule has 0 aliphatic rings. The summed E-state index contributed by atoms with van der Waals surface area (Å²) in [5.74, 6) is -1.67. The van der Waals surface area contributed by atoms with Crippen LogP contribution in [0.2, 0.25) is 0 Å². The third kappa shape index (κ3) is 5.12. The lowest BCUT2D eigenvalue weighted by Crippen LogP contribution is -2.30. The van der Waals surface area contributed by atoms with Crippen molar-refractivity contribution in [1.82, 2.24) is 5.32 Å². The van der Waals surface area contributed by atoms with Crippen LogP contribution in [0.25, 0.3) is 0 Å². The zero-order chi connectivity index (χ0) is 18.4. The lowest BCUT2D eigenvalue weighted by molar-refractivity contribution is -0.116. The number of carbonyl (C=O) groups is 3. The molecule has 6 N–H and O–H groups in total. The largest absolute Gasteiger partial charge is 0.396 e. The fraction of sp³-hybridized carbons (Fsp3) is 0.308. The first-order valence-corrected chi connectivity index (χ1v) is 9.79. The van der Waals surface area contributed by atoms with Gasteiger partial charge in [0, 0.05) is 10.1 Å². The van der Waals surface area contributed by atoms with Crippen molar-refractivity contribution in [2.24, 2.45) is 5.73 Å². The van der Waals surface area contributed by atoms with Gasteiger partial charge in [-0.05, 0) is 67.8 Å². The monoisotopic (exact) mass is 673 g/mol. The van der Waals surface area contributed by atoms with Crippen LogP contribution in [-0.4, -0.2) is 47.7 Å². The zero-order valence-electron chi connectivity index (χ0n) is 12.2. The highest BCUT2D eigenvalue weighted by Gasteiger charge is 2.27. The Morgan fingerprint density at radius 3 is 2.04 bits per heavy atom. The fourth-order valence-corrected chi connectivity index (χ4v) is 6.21. The average Bonchev–Trinajstić information content (AvgIpc) is 2.49. The van der Waals surface area contributed by atoms with Crippen LogP contribution in [-0.2, 0) is 4.79 Å². The third-order valence-electron chi connectivity index (χ3n) is 2.79. The minimum Gasteiger partial charge on any atom is -0.396 e. The molecule has 0 unspecified atom stereocenters. The van der Waals surface area contributed by atoms with Crippen molar-refractivity contribution in [3.8, 4) is 0 Å². The highest BCUT2D eigenvalue weighted by molar-refractivity contribution is 14.1. The standard InChI is InChI=1S/C13H14I3N3O5/c14-8-6(12(17)23)9(15)11(19-5(22)1-3-20)10(16)7(8)13(24)18-2-4-21/h20-21H,1-4H2,(H2,17,23)(H,18,24)(H,19,22). The molecule has 11 heteroatoms. The van der Waals surface area contributed by atoms with Crippen molar-refractivity contribution in [1.29, 1.82) is 0 Å². The third-order valence-corrected chi connectivity index (χ3v) is 6.03. The molecule has 0 fully saturated rings. The molecule has 0 bridgehead atoms. The second-order valence-corrected chi connectivity index (χ2v) is 7.67. The van der Waals surface area contributed by atoms with Gasteiger partial charge in [-0.25, -0.2) is 0 Å². The van der Waals surface area contributed by atoms with Crippen LogP contribution >= 0.6 is 67.8 Å². The summed E-state index contributed by atoms with van der Waals surface area (Å²) in [6.07, 6.45) is -0.115. The molecule has 0 radical (unpaired) electrons. The summed E-state index contributed by atoms with van der Waals surface area (Å²) in [5.41, 5.74) is 6.03. The number of rotatable bonds is 7. The number of benzene rings is 1. The number of primary amides is 1. The number of nitrogens with one attached hydrogen (secondary N) is 2. The molecular formula is C13H14I3N3O5. The number of halogens is 3. The first kappa shape index (κ1) is 21.8. The number of aliphatic hydroxyl groups excluding tert-OH is 2. The second-order valence-electron chi connectivity index (χ2n) is 4.43. The van der Waals surface area contributed by atoms with Gasteiger partial charge in [0.2, 0.25) is 5.91 Å². The molecule has 1 aromatic carbocycles. The van der Waals surface area contributed by atoms with Crippen LogP contribution < -0.4 is 16.4 Å². The van der Waals surface area contributed by atoms with E-state index in [0.717, 1.165) is 0 Å². The molecule has 0 aliphatic carbocycles. The van der Waals surface area contributed by atoms with Crippen LogP contribution in [0.15, 0.2) is 0 Å². The van der Waals surface area contributed by atoms with Gasteiger partial charge in [0.25, 0.3) is 11.8 Å². The van der Waals surface area contributed by atoms with E-state index in [0.29, 0.717) is 10.7 Å². The Labute approximate surface area is 178 Å². The normalized spacial score (nSPS) is 10.4. The Kier molecular flexibility index (Phi) is 9.10. The van der Waals surface area contributed by atoms with Crippen LogP contribution in [0.1, 0.15) is 27.1 Å². The van der Waals surface area contributed by atoms with Crippen molar-refractivity contribution in [3.05, 3.63) is 21.8 Å². The molecule has 0 saturated carbocycles. The summed E-state index contributed by atoms with van der Waals surface area (Å²) in [7, 11) is 0. The van der Waals surface area contributed by atoms with E-state index in [1.165, 1.54) is 0 Å². The van der Waals surface area contributed by atoms with Gasteiger partial charge in [-0.15, -0.1) is 0 Å². The number of anilines is 1. The maximum absolute atomic E-state index is 12.4. The molecule has 1 rings (SSSR count). The van der Waals surface area contributed by atoms with Crippen LogP contribution in [0.3, 0.4) is 0 Å². The summed E-state index contributed by atoms with van der Waals surface area (Å²) < 4.78 is 1.22. The van der Waals surface area contributed by atoms with E-state index in [1.54, 1.807) is 0 Å². The number of hydrogen-bond donors (Lipinski definition) is 5. The summed E-state index contributed by atoms with van der Waals surface area (Å²) in [6.45, 7) is -0.503. The molecule has 0 aliphatic heterocycles. The Morgan fingerprint density at radius 1 is 0.958 bits per heavy atom. The summed E-state index contributed by atoms with van der Waals surface area (Å²) in [6, 6.07) is 0. The van der Waals surface area contributed by atoms with E-state index < -0.39 is 17.7 Å². The van der Waals surface area contributed by atoms with Crippen molar-refractivity contribution >= 4 is 91.2 Å². The number of amides is 3. The fourth-order valence-electron chi connectivity index (χ4n) is 1.75. The lowest BCUT2D eigenvalue weighted by atomic mass is 10.1. The van der Waals surface area contributed by atoms with E-state index in [2.05, 4.69) is 10.6 Å². The highest BCUT2D eigenvalue weighted by Crippen LogP contribution is 2.35. The van der Waals surface area contributed by atoms with Crippen molar-refractivity contribution in [2.75, 3.05) is 25.1 Å². The molecule has 3 amide bonds. The molecular weight excluding hydrogens is 659 g/mol. The topological polar surface area (TPSA) is 142 Å². The molecule has 0 atom stereocenters. The lowest BCUT2D eigenvalue weighted by Gasteiger charge is -2.18. The van der Waals surface area contributed by atoms with Gasteiger partial charge in [0.1, 0.15) is 0 Å². The Hall–Kier alpha value is -0.260. The minimum absolute atomic E-state index is 0.0507. The van der Waals surface area contributed by atoms with Gasteiger partial charge in [0.05, 0.1) is 43.6 Å². The van der Waals surface area contributed by atoms with Crippen LogP contribution in [0.5, 0.6) is 0 Å². The Balaban J connectivity index is 3.53. The SMILES string of the molecule is NC(=O)c1c(I)c(NC(=O)CCO)c(I)c(C(=O)NCCO)c1I. The zero-order valence-corrected chi connectivity index (χ0v) is 18.6. The Morgan fingerprint density at radius 2 is 1.54 bits per heavy atom. The molecule has 0 heterocycles. The maximum Gasteiger partial charge on any atom is 0.253 e. The number of carbonyl (C=O) groups excluding carboxylic acids is 3. The van der Waals surface area contributed by atoms with Crippen LogP contribution in [0.4, 0.5) is 5.69 Å². The first-order chi connectivity index (χ1) is 11.3. The molecule has 1 aromatic rings. The number of hydrogen-bond acceptors (Lipinski definition) is 5. The average molecular weight is 673 g/mol. The minimum atomic E-state index is -0.728. The highest BCUT2D eigenvalue weighted by atomic mass is 127. The molecule has 8 nitrogen and oxygen atoms in total. The van der Waals surface area contributed by atoms with Crippen LogP contribution in [0, 0.1) is 10.7 Å². The molecule has 0 spiro atoms. The van der Waals surface area contributed by atoms with Crippen molar-refractivity contribution < 1.29 is 24.6 Å². The molecule has 0 saturated heterocycles. The van der Waals surface area contributed by atoms with Gasteiger partial charge in [0.15, 0.2) is 0 Å². The smallest absolute Gasteiger partial charge is 0.253 e. The van der Waals surface area contributed by atoms with Crippen molar-refractivity contribution in [2.45, 2.75) is 6.42 Å². The first-order valence-electron chi connectivity index (χ1n) is 6.56. The van der Waals surface area contributed by atoms with Gasteiger partial charge in [-0.3, -0.25) is 14.4 Å². The number of aliphatic hydroxyl groups is 2. The quantitative estimate of drug-likeness (QED) is 0.271. The van der Waals surface area contributed by atoms with Crippen molar-refractivity contribution in [3.63, 3.8) is 0 Å². The molecule has 0 aromatic heterocycles. The molecule has 132 valence electrons. The number of nitrogens with two attached hydrogens (primary N) is 1. The van der Waals surface area contributed by atoms with E-state index in [4.69, 9.17) is 15.9 Å². The van der Waals surface area contributed by atoms with Gasteiger partial charge in [-0.2, -0.15) is 0 Å². The van der Waals surface area contributed by atoms with E-state index in [-0.39, 0.29) is 43.0 Å². The second kappa shape index (κ2) is 10.0. The Bertz CT molecular complexity index is 682.